The van der Waals surface area contributed by atoms with Crippen molar-refractivity contribution in [2.75, 3.05) is 0 Å². The summed E-state index contributed by atoms with van der Waals surface area (Å²) in [5.74, 6) is 0.600. The Morgan fingerprint density at radius 2 is 1.83 bits per heavy atom. The predicted molar refractivity (Wildman–Crippen MR) is 107 cm³/mol. The van der Waals surface area contributed by atoms with E-state index in [1.807, 2.05) is 30.3 Å². The van der Waals surface area contributed by atoms with E-state index in [1.165, 1.54) is 18.3 Å². The highest BCUT2D eigenvalue weighted by atomic mass is 16.6. The zero-order valence-electron chi connectivity index (χ0n) is 15.4. The quantitative estimate of drug-likeness (QED) is 0.320. The van der Waals surface area contributed by atoms with Crippen molar-refractivity contribution in [3.63, 3.8) is 0 Å². The Balaban J connectivity index is 1.62. The number of oxime groups is 1. The Morgan fingerprint density at radius 3 is 2.66 bits per heavy atom. The van der Waals surface area contributed by atoms with E-state index in [2.05, 4.69) is 11.2 Å². The van der Waals surface area contributed by atoms with E-state index in [1.54, 1.807) is 30.3 Å². The molecule has 0 saturated carbocycles. The van der Waals surface area contributed by atoms with E-state index in [0.29, 0.717) is 22.4 Å². The van der Waals surface area contributed by atoms with Crippen molar-refractivity contribution >= 4 is 11.9 Å². The molecule has 3 aromatic rings. The monoisotopic (exact) mass is 387 g/mol. The van der Waals surface area contributed by atoms with Gasteiger partial charge in [-0.2, -0.15) is 5.26 Å². The van der Waals surface area contributed by atoms with Gasteiger partial charge in [0.1, 0.15) is 19.0 Å². The van der Waals surface area contributed by atoms with Crippen LogP contribution >= 0.6 is 0 Å². The number of hydrogen-bond acceptors (Lipinski definition) is 6. The summed E-state index contributed by atoms with van der Waals surface area (Å²) in [7, 11) is 0. The van der Waals surface area contributed by atoms with Gasteiger partial charge in [0, 0.05) is 23.3 Å². The van der Waals surface area contributed by atoms with Gasteiger partial charge in [-0.15, -0.1) is 0 Å². The van der Waals surface area contributed by atoms with Gasteiger partial charge in [-0.1, -0.05) is 47.6 Å². The van der Waals surface area contributed by atoms with Crippen LogP contribution in [0.2, 0.25) is 0 Å². The number of nitrogens with zero attached hydrogens (tertiary/aromatic N) is 3. The first-order valence-corrected chi connectivity index (χ1v) is 8.76. The van der Waals surface area contributed by atoms with Gasteiger partial charge in [0.2, 0.25) is 0 Å². The molecule has 0 unspecified atom stereocenters. The molecular formula is C22H17N3O4. The van der Waals surface area contributed by atoms with Crippen LogP contribution in [0.3, 0.4) is 0 Å². The van der Waals surface area contributed by atoms with Crippen LogP contribution in [-0.4, -0.2) is 11.1 Å². The van der Waals surface area contributed by atoms with E-state index >= 15 is 0 Å². The highest BCUT2D eigenvalue weighted by Crippen LogP contribution is 2.19. The van der Waals surface area contributed by atoms with Gasteiger partial charge in [0.25, 0.3) is 5.69 Å². The van der Waals surface area contributed by atoms with E-state index in [9.17, 15) is 15.4 Å². The van der Waals surface area contributed by atoms with Gasteiger partial charge < -0.3 is 9.57 Å². The van der Waals surface area contributed by atoms with Crippen molar-refractivity contribution in [1.82, 2.24) is 0 Å². The molecule has 0 heterocycles. The van der Waals surface area contributed by atoms with Crippen LogP contribution in [0.1, 0.15) is 22.3 Å². The minimum absolute atomic E-state index is 0.00600. The molecular weight excluding hydrogens is 370 g/mol. The maximum atomic E-state index is 10.8. The Labute approximate surface area is 167 Å². The molecule has 0 atom stereocenters. The second-order valence-corrected chi connectivity index (χ2v) is 6.03. The van der Waals surface area contributed by atoms with Crippen LogP contribution in [0.15, 0.2) is 78.0 Å². The van der Waals surface area contributed by atoms with Gasteiger partial charge >= 0.3 is 0 Å². The van der Waals surface area contributed by atoms with Crippen LogP contribution in [-0.2, 0) is 18.1 Å². The predicted octanol–water partition coefficient (Wildman–Crippen LogP) is 4.60. The normalized spacial score (nSPS) is 10.4. The van der Waals surface area contributed by atoms with Gasteiger partial charge in [-0.25, -0.2) is 0 Å². The molecule has 3 rings (SSSR count). The molecule has 0 saturated heterocycles. The fourth-order valence-electron chi connectivity index (χ4n) is 2.60. The van der Waals surface area contributed by atoms with Crippen LogP contribution < -0.4 is 4.74 Å². The fourth-order valence-corrected chi connectivity index (χ4v) is 2.60. The first-order valence-electron chi connectivity index (χ1n) is 8.76. The van der Waals surface area contributed by atoms with Crippen molar-refractivity contribution in [1.29, 1.82) is 5.26 Å². The Kier molecular flexibility index (Phi) is 6.53. The summed E-state index contributed by atoms with van der Waals surface area (Å²) in [6.45, 7) is 0.361. The molecule has 0 fully saturated rings. The molecule has 0 aliphatic rings. The Morgan fingerprint density at radius 1 is 1.03 bits per heavy atom. The number of non-ortho nitro benzene ring substituents is 1. The number of nitriles is 1. The van der Waals surface area contributed by atoms with Gasteiger partial charge in [-0.3, -0.25) is 10.1 Å². The summed E-state index contributed by atoms with van der Waals surface area (Å²) in [5, 5.41) is 23.9. The minimum Gasteiger partial charge on any atom is -0.488 e. The first-order chi connectivity index (χ1) is 14.2. The SMILES string of the molecule is N#Cc1ccccc1COc1ccccc1/C=N\OCc1cccc([N+](=O)[O-])c1. The highest BCUT2D eigenvalue weighted by Gasteiger charge is 2.06. The van der Waals surface area contributed by atoms with E-state index in [-0.39, 0.29) is 18.9 Å². The zero-order valence-corrected chi connectivity index (χ0v) is 15.4. The smallest absolute Gasteiger partial charge is 0.269 e. The molecule has 0 aliphatic carbocycles. The highest BCUT2D eigenvalue weighted by molar-refractivity contribution is 5.83. The topological polar surface area (TPSA) is 97.8 Å². The molecule has 3 aromatic carbocycles. The lowest BCUT2D eigenvalue weighted by molar-refractivity contribution is -0.384. The van der Waals surface area contributed by atoms with Crippen molar-refractivity contribution in [3.8, 4) is 11.8 Å². The zero-order chi connectivity index (χ0) is 20.5. The summed E-state index contributed by atoms with van der Waals surface area (Å²) in [5.41, 5.74) is 2.73. The lowest BCUT2D eigenvalue weighted by Crippen LogP contribution is -2.00. The summed E-state index contributed by atoms with van der Waals surface area (Å²) in [4.78, 5) is 15.6. The molecule has 0 radical (unpaired) electrons. The van der Waals surface area contributed by atoms with Crippen LogP contribution in [0.4, 0.5) is 5.69 Å². The molecule has 0 aliphatic heterocycles. The van der Waals surface area contributed by atoms with Gasteiger partial charge in [-0.05, 0) is 23.8 Å². The van der Waals surface area contributed by atoms with Crippen molar-refractivity contribution < 1.29 is 14.5 Å². The second kappa shape index (κ2) is 9.67. The number of hydrogen-bond donors (Lipinski definition) is 0. The lowest BCUT2D eigenvalue weighted by Gasteiger charge is -2.10. The lowest BCUT2D eigenvalue weighted by atomic mass is 10.1. The number of ether oxygens (including phenoxy) is 1. The van der Waals surface area contributed by atoms with Crippen LogP contribution in [0.5, 0.6) is 5.75 Å². The summed E-state index contributed by atoms with van der Waals surface area (Å²) >= 11 is 0. The summed E-state index contributed by atoms with van der Waals surface area (Å²) in [6, 6.07) is 22.9. The van der Waals surface area contributed by atoms with E-state index < -0.39 is 4.92 Å². The van der Waals surface area contributed by atoms with E-state index in [0.717, 1.165) is 5.56 Å². The maximum Gasteiger partial charge on any atom is 0.269 e. The number of rotatable bonds is 8. The molecule has 0 N–H and O–H groups in total. The average Bonchev–Trinajstić information content (AvgIpc) is 2.76. The fraction of sp³-hybridized carbons (Fsp3) is 0.0909. The molecule has 0 spiro atoms. The van der Waals surface area contributed by atoms with Crippen molar-refractivity contribution in [3.05, 3.63) is 105 Å². The molecule has 0 bridgehead atoms. The third-order valence-corrected chi connectivity index (χ3v) is 4.06. The van der Waals surface area contributed by atoms with Crippen molar-refractivity contribution in [2.45, 2.75) is 13.2 Å². The average molecular weight is 387 g/mol. The summed E-state index contributed by atoms with van der Waals surface area (Å²) < 4.78 is 5.85. The maximum absolute atomic E-state index is 10.8. The van der Waals surface area contributed by atoms with Gasteiger partial charge in [0.05, 0.1) is 22.8 Å². The Hall–Kier alpha value is -4.18. The van der Waals surface area contributed by atoms with Crippen molar-refractivity contribution in [2.24, 2.45) is 5.16 Å². The third-order valence-electron chi connectivity index (χ3n) is 4.06. The third kappa shape index (κ3) is 5.40. The molecule has 7 nitrogen and oxygen atoms in total. The largest absolute Gasteiger partial charge is 0.488 e. The molecule has 29 heavy (non-hydrogen) atoms. The van der Waals surface area contributed by atoms with E-state index in [4.69, 9.17) is 9.57 Å². The number of para-hydroxylation sites is 1. The number of nitro groups is 1. The first kappa shape index (κ1) is 19.6. The second-order valence-electron chi connectivity index (χ2n) is 6.03. The van der Waals surface area contributed by atoms with Gasteiger partial charge in [0.15, 0.2) is 0 Å². The molecule has 0 aromatic heterocycles. The number of benzene rings is 3. The van der Waals surface area contributed by atoms with Crippen LogP contribution in [0.25, 0.3) is 0 Å². The molecule has 0 amide bonds. The number of nitro benzene ring substituents is 1. The Bertz CT molecular complexity index is 1070. The molecule has 144 valence electrons. The minimum atomic E-state index is -0.454. The van der Waals surface area contributed by atoms with Crippen LogP contribution in [0, 0.1) is 21.4 Å². The molecule has 7 heteroatoms. The standard InChI is InChI=1S/C22H17N3O4/c23-13-18-7-1-2-9-20(18)16-28-22-11-4-3-8-19(22)14-24-29-15-17-6-5-10-21(12-17)25(26)27/h1-12,14H,15-16H2/b24-14-. The summed E-state index contributed by atoms with van der Waals surface area (Å²) in [6.07, 6.45) is 1.52.